The van der Waals surface area contributed by atoms with Crippen LogP contribution in [-0.4, -0.2) is 37.5 Å². The highest BCUT2D eigenvalue weighted by Crippen LogP contribution is 2.31. The van der Waals surface area contributed by atoms with E-state index in [0.29, 0.717) is 28.4 Å². The van der Waals surface area contributed by atoms with Gasteiger partial charge in [-0.15, -0.1) is 0 Å². The summed E-state index contributed by atoms with van der Waals surface area (Å²) >= 11 is 0. The number of hydrogen-bond acceptors (Lipinski definition) is 6. The van der Waals surface area contributed by atoms with Crippen molar-refractivity contribution in [3.8, 4) is 16.9 Å². The molecule has 3 heterocycles. The lowest BCUT2D eigenvalue weighted by Crippen LogP contribution is -2.02. The Bertz CT molecular complexity index is 1170. The first-order valence-corrected chi connectivity index (χ1v) is 8.15. The normalized spacial score (nSPS) is 11.3. The fourth-order valence-corrected chi connectivity index (χ4v) is 2.77. The number of nitrogens with zero attached hydrogens (tertiary/aromatic N) is 5. The molecule has 1 aromatic carbocycles. The lowest BCUT2D eigenvalue weighted by atomic mass is 10.2. The first-order chi connectivity index (χ1) is 13.5. The average molecular weight is 384 g/mol. The highest BCUT2D eigenvalue weighted by atomic mass is 19.3. The molecule has 2 N–H and O–H groups in total. The molecule has 0 saturated carbocycles. The fraction of sp³-hybridized carbons (Fsp3) is 0.111. The van der Waals surface area contributed by atoms with Gasteiger partial charge in [0.05, 0.1) is 24.1 Å². The van der Waals surface area contributed by atoms with Crippen molar-refractivity contribution in [3.05, 3.63) is 60.0 Å². The molecule has 0 spiro atoms. The number of nitrogens with two attached hydrogens (primary N) is 1. The third-order valence-electron chi connectivity index (χ3n) is 4.12. The van der Waals surface area contributed by atoms with Crippen molar-refractivity contribution >= 4 is 17.4 Å². The minimum absolute atomic E-state index is 0.177. The Morgan fingerprint density at radius 1 is 1.18 bits per heavy atom. The van der Waals surface area contributed by atoms with Crippen molar-refractivity contribution in [3.63, 3.8) is 0 Å². The molecule has 142 valence electrons. The zero-order valence-corrected chi connectivity index (χ0v) is 14.6. The van der Waals surface area contributed by atoms with E-state index in [1.54, 1.807) is 30.5 Å². The Morgan fingerprint density at radius 2 is 1.93 bits per heavy atom. The van der Waals surface area contributed by atoms with Crippen molar-refractivity contribution in [1.29, 1.82) is 0 Å². The molecule has 0 bridgehead atoms. The SMILES string of the molecule is COC(=O)c1ccc(-n2cc(-c3cc4nc(N)ccn4n3)c(C(F)F)n2)cc1. The van der Waals surface area contributed by atoms with Crippen molar-refractivity contribution < 1.29 is 18.3 Å². The molecular formula is C18H14F2N6O2. The van der Waals surface area contributed by atoms with E-state index in [2.05, 4.69) is 19.9 Å². The Balaban J connectivity index is 1.78. The molecular weight excluding hydrogens is 370 g/mol. The van der Waals surface area contributed by atoms with Crippen molar-refractivity contribution in [1.82, 2.24) is 24.4 Å². The summed E-state index contributed by atoms with van der Waals surface area (Å²) in [5, 5.41) is 8.27. The van der Waals surface area contributed by atoms with Crippen LogP contribution in [-0.2, 0) is 4.74 Å². The first kappa shape index (κ1) is 17.6. The van der Waals surface area contributed by atoms with Gasteiger partial charge in [0.25, 0.3) is 6.43 Å². The van der Waals surface area contributed by atoms with Crippen LogP contribution in [0.1, 0.15) is 22.5 Å². The van der Waals surface area contributed by atoms with E-state index in [9.17, 15) is 13.6 Å². The van der Waals surface area contributed by atoms with Gasteiger partial charge in [0, 0.05) is 24.0 Å². The van der Waals surface area contributed by atoms with Crippen LogP contribution in [0.2, 0.25) is 0 Å². The van der Waals surface area contributed by atoms with Crippen LogP contribution in [0.15, 0.2) is 48.8 Å². The monoisotopic (exact) mass is 384 g/mol. The molecule has 0 fully saturated rings. The number of carbonyl (C=O) groups is 1. The summed E-state index contributed by atoms with van der Waals surface area (Å²) in [4.78, 5) is 15.6. The molecule has 0 aliphatic carbocycles. The van der Waals surface area contributed by atoms with Gasteiger partial charge in [0.15, 0.2) is 5.65 Å². The maximum atomic E-state index is 13.6. The number of fused-ring (bicyclic) bond motifs is 1. The summed E-state index contributed by atoms with van der Waals surface area (Å²) in [7, 11) is 1.28. The zero-order valence-electron chi connectivity index (χ0n) is 14.6. The smallest absolute Gasteiger partial charge is 0.337 e. The summed E-state index contributed by atoms with van der Waals surface area (Å²) in [6, 6.07) is 9.35. The minimum Gasteiger partial charge on any atom is -0.465 e. The Morgan fingerprint density at radius 3 is 2.61 bits per heavy atom. The number of rotatable bonds is 4. The van der Waals surface area contributed by atoms with E-state index in [1.807, 2.05) is 0 Å². The van der Waals surface area contributed by atoms with Gasteiger partial charge in [0.1, 0.15) is 11.5 Å². The Kier molecular flexibility index (Phi) is 4.22. The number of esters is 1. The number of hydrogen-bond donors (Lipinski definition) is 1. The molecule has 0 aliphatic rings. The second-order valence-electron chi connectivity index (χ2n) is 5.90. The van der Waals surface area contributed by atoms with Gasteiger partial charge in [-0.3, -0.25) is 0 Å². The van der Waals surface area contributed by atoms with Crippen molar-refractivity contribution in [2.75, 3.05) is 12.8 Å². The summed E-state index contributed by atoms with van der Waals surface area (Å²) in [5.41, 5.74) is 7.00. The number of nitrogen functional groups attached to an aromatic ring is 1. The number of methoxy groups -OCH3 is 1. The van der Waals surface area contributed by atoms with E-state index in [1.165, 1.54) is 34.6 Å². The molecule has 10 heteroatoms. The largest absolute Gasteiger partial charge is 0.465 e. The molecule has 8 nitrogen and oxygen atoms in total. The predicted octanol–water partition coefficient (Wildman–Crippen LogP) is 2.89. The number of alkyl halides is 2. The number of halogens is 2. The fourth-order valence-electron chi connectivity index (χ4n) is 2.77. The van der Waals surface area contributed by atoms with Crippen LogP contribution in [0.3, 0.4) is 0 Å². The van der Waals surface area contributed by atoms with Gasteiger partial charge >= 0.3 is 5.97 Å². The quantitative estimate of drug-likeness (QED) is 0.543. The number of anilines is 1. The Labute approximate surface area is 157 Å². The first-order valence-electron chi connectivity index (χ1n) is 8.15. The maximum absolute atomic E-state index is 13.6. The van der Waals surface area contributed by atoms with Crippen LogP contribution in [0.25, 0.3) is 22.6 Å². The van der Waals surface area contributed by atoms with Crippen molar-refractivity contribution in [2.24, 2.45) is 0 Å². The average Bonchev–Trinajstić information content (AvgIpc) is 3.31. The predicted molar refractivity (Wildman–Crippen MR) is 96.3 cm³/mol. The van der Waals surface area contributed by atoms with E-state index in [0.717, 1.165) is 0 Å². The van der Waals surface area contributed by atoms with Gasteiger partial charge < -0.3 is 10.5 Å². The van der Waals surface area contributed by atoms with Crippen LogP contribution < -0.4 is 5.73 Å². The van der Waals surface area contributed by atoms with E-state index in [-0.39, 0.29) is 5.56 Å². The van der Waals surface area contributed by atoms with Gasteiger partial charge in [0.2, 0.25) is 0 Å². The van der Waals surface area contributed by atoms with Gasteiger partial charge in [-0.1, -0.05) is 0 Å². The van der Waals surface area contributed by atoms with E-state index < -0.39 is 18.1 Å². The molecule has 0 amide bonds. The highest BCUT2D eigenvalue weighted by molar-refractivity contribution is 5.89. The summed E-state index contributed by atoms with van der Waals surface area (Å²) in [6.45, 7) is 0. The Hall–Kier alpha value is -3.82. The van der Waals surface area contributed by atoms with Crippen LogP contribution >= 0.6 is 0 Å². The third-order valence-corrected chi connectivity index (χ3v) is 4.12. The minimum atomic E-state index is -2.80. The second-order valence-corrected chi connectivity index (χ2v) is 5.90. The molecule has 4 aromatic rings. The van der Waals surface area contributed by atoms with Gasteiger partial charge in [-0.05, 0) is 30.3 Å². The zero-order chi connectivity index (χ0) is 19.8. The molecule has 0 aliphatic heterocycles. The van der Waals surface area contributed by atoms with Crippen molar-refractivity contribution in [2.45, 2.75) is 6.43 Å². The topological polar surface area (TPSA) is 100 Å². The molecule has 0 unspecified atom stereocenters. The van der Waals surface area contributed by atoms with Gasteiger partial charge in [-0.25, -0.2) is 27.8 Å². The number of benzene rings is 1. The standard InChI is InChI=1S/C18H14F2N6O2/c1-28-18(27)10-2-4-11(5-3-10)26-9-12(16(24-26)17(19)20)13-8-15-22-14(21)6-7-25(15)23-13/h2-9,17H,1H3,(H2,21,22). The second kappa shape index (κ2) is 6.72. The molecule has 4 rings (SSSR count). The maximum Gasteiger partial charge on any atom is 0.337 e. The molecule has 0 saturated heterocycles. The number of ether oxygens (including phenoxy) is 1. The van der Waals surface area contributed by atoms with Crippen LogP contribution in [0, 0.1) is 0 Å². The van der Waals surface area contributed by atoms with Gasteiger partial charge in [-0.2, -0.15) is 10.2 Å². The summed E-state index contributed by atoms with van der Waals surface area (Å²) < 4.78 is 34.5. The highest BCUT2D eigenvalue weighted by Gasteiger charge is 2.22. The van der Waals surface area contributed by atoms with Crippen LogP contribution in [0.5, 0.6) is 0 Å². The molecule has 28 heavy (non-hydrogen) atoms. The summed E-state index contributed by atoms with van der Waals surface area (Å²) in [5.74, 6) is -0.188. The number of carbonyl (C=O) groups excluding carboxylic acids is 1. The molecule has 0 atom stereocenters. The number of aromatic nitrogens is 5. The molecule has 0 radical (unpaired) electrons. The lowest BCUT2D eigenvalue weighted by molar-refractivity contribution is 0.0600. The third kappa shape index (κ3) is 3.04. The summed E-state index contributed by atoms with van der Waals surface area (Å²) in [6.07, 6.45) is 0.257. The van der Waals surface area contributed by atoms with Crippen LogP contribution in [0.4, 0.5) is 14.6 Å². The lowest BCUT2D eigenvalue weighted by Gasteiger charge is -2.03. The van der Waals surface area contributed by atoms with E-state index >= 15 is 0 Å². The van der Waals surface area contributed by atoms with E-state index in [4.69, 9.17) is 5.73 Å². The molecule has 3 aromatic heterocycles.